The topological polar surface area (TPSA) is 9.23 Å². The van der Waals surface area contributed by atoms with E-state index in [2.05, 4.69) is 0 Å². The van der Waals surface area contributed by atoms with Crippen LogP contribution < -0.4 is 4.74 Å². The fourth-order valence-corrected chi connectivity index (χ4v) is 4.02. The van der Waals surface area contributed by atoms with E-state index in [9.17, 15) is 0 Å². The Labute approximate surface area is 109 Å². The molecule has 0 aliphatic rings. The summed E-state index contributed by atoms with van der Waals surface area (Å²) < 4.78 is 6.67. The zero-order valence-electron chi connectivity index (χ0n) is 8.24. The molecule has 1 nitrogen and oxygen atoms in total. The van der Waals surface area contributed by atoms with Crippen LogP contribution in [-0.4, -0.2) is 0 Å². The molecule has 0 aromatic heterocycles. The van der Waals surface area contributed by atoms with Crippen LogP contribution in [0, 0.1) is 3.57 Å². The van der Waals surface area contributed by atoms with Crippen LogP contribution >= 0.6 is 35.4 Å². The molecular weight excluding hydrogens is 358 g/mol. The van der Waals surface area contributed by atoms with Crippen molar-refractivity contribution in [2.75, 3.05) is 0 Å². The Kier molecular flexibility index (Phi) is 4.32. The number of hydrogen-bond acceptors (Lipinski definition) is 1. The Morgan fingerprint density at radius 3 is 2.12 bits per heavy atom. The first-order chi connectivity index (χ1) is 7.77. The molecule has 0 fully saturated rings. The van der Waals surface area contributed by atoms with Crippen molar-refractivity contribution in [2.24, 2.45) is 0 Å². The molecule has 2 rings (SSSR count). The second kappa shape index (κ2) is 5.75. The molecule has 0 spiro atoms. The second-order valence-corrected chi connectivity index (χ2v) is 10.1. The summed E-state index contributed by atoms with van der Waals surface area (Å²) in [7, 11) is 12.0. The number of hydrogen-bond donors (Lipinski definition) is 0. The molecule has 16 heavy (non-hydrogen) atoms. The number of ether oxygens (including phenoxy) is 1. The molecule has 0 radical (unpaired) electrons. The Bertz CT molecular complexity index is 460. The van der Waals surface area contributed by atoms with Crippen molar-refractivity contribution in [3.05, 3.63) is 58.2 Å². The third-order valence-electron chi connectivity index (χ3n) is 1.96. The summed E-state index contributed by atoms with van der Waals surface area (Å²) in [6.07, 6.45) is 0. The molecule has 0 unspecified atom stereocenters. The number of benzene rings is 2. The van der Waals surface area contributed by atoms with Crippen LogP contribution in [0.3, 0.4) is 0 Å². The van der Waals surface area contributed by atoms with Crippen LogP contribution in [0.4, 0.5) is 0 Å². The normalized spacial score (nSPS) is 11.0. The van der Waals surface area contributed by atoms with Crippen molar-refractivity contribution in [3.8, 4) is 11.5 Å². The zero-order chi connectivity index (χ0) is 11.4. The first-order valence-corrected chi connectivity index (χ1v) is 11.2. The predicted molar refractivity (Wildman–Crippen MR) is 77.4 cm³/mol. The fourth-order valence-electron chi connectivity index (χ4n) is 1.26. The summed E-state index contributed by atoms with van der Waals surface area (Å²) >= 11 is -2.06. The molecule has 0 atom stereocenters. The van der Waals surface area contributed by atoms with E-state index in [4.69, 9.17) is 22.6 Å². The zero-order valence-corrected chi connectivity index (χ0v) is 11.9. The standard InChI is InChI=1S/C12H9Cl2IO/c13-15(14)11-8-4-5-9-12(11)16-10-6-2-1-3-7-10/h1-9H. The van der Waals surface area contributed by atoms with Crippen LogP contribution in [-0.2, 0) is 0 Å². The minimum atomic E-state index is -2.06. The first-order valence-electron chi connectivity index (χ1n) is 4.62. The van der Waals surface area contributed by atoms with Crippen LogP contribution in [0.2, 0.25) is 0 Å². The molecule has 4 heteroatoms. The molecule has 0 N–H and O–H groups in total. The number of halogens is 3. The van der Waals surface area contributed by atoms with Crippen molar-refractivity contribution in [1.82, 2.24) is 0 Å². The van der Waals surface area contributed by atoms with E-state index in [1.807, 2.05) is 54.6 Å². The van der Waals surface area contributed by atoms with Crippen LogP contribution in [0.5, 0.6) is 11.5 Å². The van der Waals surface area contributed by atoms with E-state index in [0.717, 1.165) is 15.1 Å². The van der Waals surface area contributed by atoms with Gasteiger partial charge in [0.05, 0.1) is 0 Å². The van der Waals surface area contributed by atoms with E-state index >= 15 is 0 Å². The summed E-state index contributed by atoms with van der Waals surface area (Å²) in [6.45, 7) is 0. The van der Waals surface area contributed by atoms with Gasteiger partial charge in [0, 0.05) is 0 Å². The Balaban J connectivity index is 2.28. The Morgan fingerprint density at radius 2 is 1.44 bits per heavy atom. The summed E-state index contributed by atoms with van der Waals surface area (Å²) in [5.74, 6) is 1.55. The van der Waals surface area contributed by atoms with Gasteiger partial charge in [-0.3, -0.25) is 0 Å². The van der Waals surface area contributed by atoms with Crippen molar-refractivity contribution in [2.45, 2.75) is 0 Å². The Hall–Kier alpha value is -0.450. The molecule has 0 amide bonds. The van der Waals surface area contributed by atoms with Gasteiger partial charge in [-0.15, -0.1) is 0 Å². The van der Waals surface area contributed by atoms with Gasteiger partial charge in [-0.2, -0.15) is 0 Å². The molecule has 2 aromatic rings. The average Bonchev–Trinajstić information content (AvgIpc) is 2.31. The fraction of sp³-hybridized carbons (Fsp3) is 0. The van der Waals surface area contributed by atoms with E-state index in [-0.39, 0.29) is 0 Å². The quantitative estimate of drug-likeness (QED) is 0.655. The molecular formula is C12H9Cl2IO. The van der Waals surface area contributed by atoms with Crippen LogP contribution in [0.1, 0.15) is 0 Å². The van der Waals surface area contributed by atoms with Crippen molar-refractivity contribution < 1.29 is 4.74 Å². The summed E-state index contributed by atoms with van der Waals surface area (Å²) in [5.41, 5.74) is 0. The molecule has 0 saturated carbocycles. The Morgan fingerprint density at radius 1 is 0.812 bits per heavy atom. The van der Waals surface area contributed by atoms with Crippen LogP contribution in [0.25, 0.3) is 0 Å². The molecule has 0 aliphatic heterocycles. The third kappa shape index (κ3) is 3.03. The average molecular weight is 367 g/mol. The van der Waals surface area contributed by atoms with E-state index in [1.165, 1.54) is 0 Å². The monoisotopic (exact) mass is 366 g/mol. The van der Waals surface area contributed by atoms with E-state index in [0.29, 0.717) is 0 Å². The van der Waals surface area contributed by atoms with Gasteiger partial charge in [-0.25, -0.2) is 0 Å². The maximum atomic E-state index is 6.02. The van der Waals surface area contributed by atoms with Gasteiger partial charge in [0.25, 0.3) is 0 Å². The van der Waals surface area contributed by atoms with Gasteiger partial charge in [0.1, 0.15) is 0 Å². The van der Waals surface area contributed by atoms with E-state index in [1.54, 1.807) is 0 Å². The van der Waals surface area contributed by atoms with E-state index < -0.39 is 17.6 Å². The minimum absolute atomic E-state index is 0.754. The van der Waals surface area contributed by atoms with Gasteiger partial charge < -0.3 is 0 Å². The predicted octanol–water partition coefficient (Wildman–Crippen LogP) is 5.46. The third-order valence-corrected chi connectivity index (χ3v) is 5.80. The molecule has 0 aliphatic carbocycles. The first kappa shape index (κ1) is 12.0. The van der Waals surface area contributed by atoms with Gasteiger partial charge >= 0.3 is 110 Å². The summed E-state index contributed by atoms with van der Waals surface area (Å²) in [5, 5.41) is 0. The van der Waals surface area contributed by atoms with Crippen molar-refractivity contribution in [3.63, 3.8) is 0 Å². The van der Waals surface area contributed by atoms with Crippen molar-refractivity contribution in [1.29, 1.82) is 0 Å². The van der Waals surface area contributed by atoms with Gasteiger partial charge in [0.15, 0.2) is 0 Å². The van der Waals surface area contributed by atoms with Crippen LogP contribution in [0.15, 0.2) is 54.6 Å². The molecule has 2 aromatic carbocycles. The summed E-state index contributed by atoms with van der Waals surface area (Å²) in [6, 6.07) is 17.2. The molecule has 0 bridgehead atoms. The van der Waals surface area contributed by atoms with Crippen molar-refractivity contribution >= 4 is 35.4 Å². The van der Waals surface area contributed by atoms with Gasteiger partial charge in [0.2, 0.25) is 0 Å². The number of para-hydroxylation sites is 2. The second-order valence-electron chi connectivity index (χ2n) is 3.04. The maximum absolute atomic E-state index is 6.02. The van der Waals surface area contributed by atoms with Gasteiger partial charge in [-0.05, 0) is 0 Å². The number of rotatable bonds is 3. The van der Waals surface area contributed by atoms with Gasteiger partial charge in [-0.1, -0.05) is 0 Å². The molecule has 0 saturated heterocycles. The summed E-state index contributed by atoms with van der Waals surface area (Å²) in [4.78, 5) is 0. The SMILES string of the molecule is ClI(Cl)c1ccccc1Oc1ccccc1. The molecule has 84 valence electrons. The molecule has 0 heterocycles.